The molecule has 0 unspecified atom stereocenters. The van der Waals surface area contributed by atoms with Crippen LogP contribution in [0.15, 0.2) is 36.0 Å². The van der Waals surface area contributed by atoms with Gasteiger partial charge in [0.2, 0.25) is 0 Å². The molecule has 18 heavy (non-hydrogen) atoms. The van der Waals surface area contributed by atoms with Gasteiger partial charge in [-0.2, -0.15) is 0 Å². The fourth-order valence-electron chi connectivity index (χ4n) is 1.76. The van der Waals surface area contributed by atoms with E-state index in [0.717, 1.165) is 26.9 Å². The molecular formula is C13H12ClN3S. The van der Waals surface area contributed by atoms with Crippen LogP contribution >= 0.6 is 22.9 Å². The number of fused-ring (bicyclic) bond motifs is 1. The van der Waals surface area contributed by atoms with Crippen molar-refractivity contribution in [2.45, 2.75) is 13.5 Å². The van der Waals surface area contributed by atoms with Crippen LogP contribution in [0, 0.1) is 6.92 Å². The van der Waals surface area contributed by atoms with Gasteiger partial charge in [-0.3, -0.25) is 4.40 Å². The van der Waals surface area contributed by atoms with E-state index in [2.05, 4.69) is 10.3 Å². The Kier molecular flexibility index (Phi) is 2.97. The van der Waals surface area contributed by atoms with Crippen LogP contribution in [0.4, 0.5) is 5.69 Å². The van der Waals surface area contributed by atoms with Crippen LogP contribution in [0.25, 0.3) is 4.96 Å². The van der Waals surface area contributed by atoms with Crippen molar-refractivity contribution in [1.29, 1.82) is 0 Å². The summed E-state index contributed by atoms with van der Waals surface area (Å²) < 4.78 is 2.03. The summed E-state index contributed by atoms with van der Waals surface area (Å²) in [5.41, 5.74) is 3.13. The second-order valence-electron chi connectivity index (χ2n) is 4.14. The highest BCUT2D eigenvalue weighted by atomic mass is 35.5. The van der Waals surface area contributed by atoms with E-state index in [1.807, 2.05) is 47.3 Å². The van der Waals surface area contributed by atoms with Crippen molar-refractivity contribution in [2.24, 2.45) is 0 Å². The summed E-state index contributed by atoms with van der Waals surface area (Å²) in [6, 6.07) is 5.98. The molecule has 0 radical (unpaired) electrons. The number of thiazole rings is 1. The lowest BCUT2D eigenvalue weighted by Gasteiger charge is -2.06. The summed E-state index contributed by atoms with van der Waals surface area (Å²) in [6.45, 7) is 2.70. The molecule has 3 nitrogen and oxygen atoms in total. The molecule has 0 fully saturated rings. The van der Waals surface area contributed by atoms with Gasteiger partial charge < -0.3 is 5.32 Å². The van der Waals surface area contributed by atoms with E-state index >= 15 is 0 Å². The molecule has 3 aromatic rings. The molecule has 0 saturated heterocycles. The SMILES string of the molecule is Cc1ccc(NCc2cn3ccsc3n2)cc1Cl. The Bertz CT molecular complexity index is 658. The number of imidazole rings is 1. The average Bonchev–Trinajstić information content (AvgIpc) is 2.91. The lowest BCUT2D eigenvalue weighted by molar-refractivity contribution is 1.08. The minimum Gasteiger partial charge on any atom is -0.379 e. The zero-order valence-corrected chi connectivity index (χ0v) is 11.4. The molecule has 0 aliphatic carbocycles. The van der Waals surface area contributed by atoms with E-state index in [0.29, 0.717) is 6.54 Å². The topological polar surface area (TPSA) is 29.3 Å². The second-order valence-corrected chi connectivity index (χ2v) is 5.42. The van der Waals surface area contributed by atoms with Gasteiger partial charge in [0.05, 0.1) is 12.2 Å². The zero-order valence-electron chi connectivity index (χ0n) is 9.85. The first kappa shape index (κ1) is 11.6. The van der Waals surface area contributed by atoms with Gasteiger partial charge in [-0.25, -0.2) is 4.98 Å². The average molecular weight is 278 g/mol. The minimum absolute atomic E-state index is 0.702. The highest BCUT2D eigenvalue weighted by Crippen LogP contribution is 2.20. The van der Waals surface area contributed by atoms with Gasteiger partial charge in [-0.15, -0.1) is 11.3 Å². The fraction of sp³-hybridized carbons (Fsp3) is 0.154. The molecule has 92 valence electrons. The van der Waals surface area contributed by atoms with Crippen LogP contribution < -0.4 is 5.32 Å². The fourth-order valence-corrected chi connectivity index (χ4v) is 2.66. The quantitative estimate of drug-likeness (QED) is 0.785. The molecule has 5 heteroatoms. The van der Waals surface area contributed by atoms with Crippen LogP contribution in [0.1, 0.15) is 11.3 Å². The Hall–Kier alpha value is -1.52. The van der Waals surface area contributed by atoms with E-state index in [4.69, 9.17) is 11.6 Å². The molecule has 2 aromatic heterocycles. The first-order valence-electron chi connectivity index (χ1n) is 5.63. The van der Waals surface area contributed by atoms with Gasteiger partial charge in [0.15, 0.2) is 4.96 Å². The Morgan fingerprint density at radius 1 is 1.44 bits per heavy atom. The highest BCUT2D eigenvalue weighted by Gasteiger charge is 2.03. The first-order chi connectivity index (χ1) is 8.72. The standard InChI is InChI=1S/C13H12ClN3S/c1-9-2-3-10(6-12(9)14)15-7-11-8-17-4-5-18-13(17)16-11/h2-6,8,15H,7H2,1H3. The van der Waals surface area contributed by atoms with E-state index in [9.17, 15) is 0 Å². The van der Waals surface area contributed by atoms with Crippen molar-refractivity contribution in [3.8, 4) is 0 Å². The molecule has 0 spiro atoms. The van der Waals surface area contributed by atoms with Gasteiger partial charge in [-0.1, -0.05) is 17.7 Å². The van der Waals surface area contributed by atoms with Crippen LogP contribution in [-0.2, 0) is 6.54 Å². The third-order valence-corrected chi connectivity index (χ3v) is 3.97. The lowest BCUT2D eigenvalue weighted by Crippen LogP contribution is -1.99. The van der Waals surface area contributed by atoms with E-state index in [-0.39, 0.29) is 0 Å². The smallest absolute Gasteiger partial charge is 0.193 e. The van der Waals surface area contributed by atoms with Gasteiger partial charge in [0.25, 0.3) is 0 Å². The molecule has 0 saturated carbocycles. The van der Waals surface area contributed by atoms with Crippen LogP contribution in [0.5, 0.6) is 0 Å². The molecule has 0 aliphatic rings. The first-order valence-corrected chi connectivity index (χ1v) is 6.89. The summed E-state index contributed by atoms with van der Waals surface area (Å²) in [6.07, 6.45) is 4.05. The van der Waals surface area contributed by atoms with E-state index in [1.54, 1.807) is 11.3 Å². The molecular weight excluding hydrogens is 266 g/mol. The molecule has 2 heterocycles. The molecule has 0 atom stereocenters. The second kappa shape index (κ2) is 4.63. The molecule has 0 bridgehead atoms. The van der Waals surface area contributed by atoms with Crippen LogP contribution in [0.2, 0.25) is 5.02 Å². The number of hydrogen-bond donors (Lipinski definition) is 1. The van der Waals surface area contributed by atoms with Crippen molar-refractivity contribution >= 4 is 33.6 Å². The molecule has 3 rings (SSSR count). The third kappa shape index (κ3) is 2.21. The summed E-state index contributed by atoms with van der Waals surface area (Å²) in [5, 5.41) is 6.13. The zero-order chi connectivity index (χ0) is 12.5. The van der Waals surface area contributed by atoms with Crippen molar-refractivity contribution in [3.63, 3.8) is 0 Å². The maximum absolute atomic E-state index is 6.08. The number of aromatic nitrogens is 2. The van der Waals surface area contributed by atoms with Crippen LogP contribution in [0.3, 0.4) is 0 Å². The Morgan fingerprint density at radius 3 is 3.11 bits per heavy atom. The summed E-state index contributed by atoms with van der Waals surface area (Å²) in [5.74, 6) is 0. The van der Waals surface area contributed by atoms with Crippen molar-refractivity contribution in [1.82, 2.24) is 9.38 Å². The number of aryl methyl sites for hydroxylation is 1. The lowest BCUT2D eigenvalue weighted by atomic mass is 10.2. The van der Waals surface area contributed by atoms with Crippen molar-refractivity contribution < 1.29 is 0 Å². The van der Waals surface area contributed by atoms with Crippen LogP contribution in [-0.4, -0.2) is 9.38 Å². The summed E-state index contributed by atoms with van der Waals surface area (Å²) in [4.78, 5) is 5.54. The highest BCUT2D eigenvalue weighted by molar-refractivity contribution is 7.15. The third-order valence-electron chi connectivity index (χ3n) is 2.79. The Morgan fingerprint density at radius 2 is 2.33 bits per heavy atom. The number of halogens is 1. The van der Waals surface area contributed by atoms with E-state index < -0.39 is 0 Å². The number of nitrogens with one attached hydrogen (secondary N) is 1. The summed E-state index contributed by atoms with van der Waals surface area (Å²) in [7, 11) is 0. The largest absolute Gasteiger partial charge is 0.379 e. The Balaban J connectivity index is 1.73. The minimum atomic E-state index is 0.702. The molecule has 0 amide bonds. The molecule has 1 aromatic carbocycles. The van der Waals surface area contributed by atoms with Gasteiger partial charge >= 0.3 is 0 Å². The van der Waals surface area contributed by atoms with Gasteiger partial charge in [-0.05, 0) is 24.6 Å². The molecule has 1 N–H and O–H groups in total. The maximum atomic E-state index is 6.08. The maximum Gasteiger partial charge on any atom is 0.193 e. The number of rotatable bonds is 3. The van der Waals surface area contributed by atoms with Crippen molar-refractivity contribution in [2.75, 3.05) is 5.32 Å². The Labute approximate surface area is 114 Å². The van der Waals surface area contributed by atoms with E-state index in [1.165, 1.54) is 0 Å². The van der Waals surface area contributed by atoms with Gasteiger partial charge in [0.1, 0.15) is 0 Å². The van der Waals surface area contributed by atoms with Gasteiger partial charge in [0, 0.05) is 28.5 Å². The monoisotopic (exact) mass is 277 g/mol. The summed E-state index contributed by atoms with van der Waals surface area (Å²) >= 11 is 7.72. The number of anilines is 1. The predicted molar refractivity (Wildman–Crippen MR) is 76.6 cm³/mol. The van der Waals surface area contributed by atoms with Crippen molar-refractivity contribution in [3.05, 3.63) is 52.3 Å². The molecule has 0 aliphatic heterocycles. The predicted octanol–water partition coefficient (Wildman–Crippen LogP) is 3.97. The normalized spacial score (nSPS) is 11.0. The number of nitrogens with zero attached hydrogens (tertiary/aromatic N) is 2. The number of benzene rings is 1. The number of hydrogen-bond acceptors (Lipinski definition) is 3.